The first-order valence-corrected chi connectivity index (χ1v) is 5.36. The van der Waals surface area contributed by atoms with Crippen LogP contribution < -0.4 is 5.73 Å². The largest absolute Gasteiger partial charge is 0.368 e. The summed E-state index contributed by atoms with van der Waals surface area (Å²) in [7, 11) is 0. The maximum absolute atomic E-state index is 13.4. The summed E-state index contributed by atoms with van der Waals surface area (Å²) in [5.74, 6) is -1.93. The maximum Gasteiger partial charge on any atom is 0.257 e. The third-order valence-electron chi connectivity index (χ3n) is 2.17. The normalized spacial score (nSPS) is 10.1. The fourth-order valence-corrected chi connectivity index (χ4v) is 1.52. The molecular formula is C11H12ClFN2O2. The topological polar surface area (TPSA) is 63.4 Å². The molecule has 2 amide bonds. The van der Waals surface area contributed by atoms with Crippen molar-refractivity contribution < 1.29 is 14.0 Å². The SMILES string of the molecule is CCN(CC(N)=O)C(=O)c1cc(Cl)ccc1F. The van der Waals surface area contributed by atoms with Gasteiger partial charge in [-0.15, -0.1) is 0 Å². The van der Waals surface area contributed by atoms with Gasteiger partial charge >= 0.3 is 0 Å². The lowest BCUT2D eigenvalue weighted by molar-refractivity contribution is -0.118. The highest BCUT2D eigenvalue weighted by atomic mass is 35.5. The predicted molar refractivity (Wildman–Crippen MR) is 62.2 cm³/mol. The Morgan fingerprint density at radius 1 is 1.47 bits per heavy atom. The molecule has 92 valence electrons. The molecule has 0 radical (unpaired) electrons. The summed E-state index contributed by atoms with van der Waals surface area (Å²) in [6.45, 7) is 1.68. The van der Waals surface area contributed by atoms with E-state index in [4.69, 9.17) is 17.3 Å². The van der Waals surface area contributed by atoms with Gasteiger partial charge in [0.25, 0.3) is 5.91 Å². The third-order valence-corrected chi connectivity index (χ3v) is 2.41. The van der Waals surface area contributed by atoms with Crippen LogP contribution in [0.25, 0.3) is 0 Å². The zero-order valence-corrected chi connectivity index (χ0v) is 10.00. The highest BCUT2D eigenvalue weighted by Gasteiger charge is 2.19. The van der Waals surface area contributed by atoms with Crippen molar-refractivity contribution in [3.63, 3.8) is 0 Å². The van der Waals surface area contributed by atoms with E-state index in [2.05, 4.69) is 0 Å². The van der Waals surface area contributed by atoms with Gasteiger partial charge in [-0.3, -0.25) is 9.59 Å². The molecule has 1 aromatic carbocycles. The molecule has 6 heteroatoms. The Hall–Kier alpha value is -1.62. The van der Waals surface area contributed by atoms with Gasteiger partial charge in [-0.1, -0.05) is 11.6 Å². The Balaban J connectivity index is 3.01. The van der Waals surface area contributed by atoms with Crippen LogP contribution in [-0.2, 0) is 4.79 Å². The average Bonchev–Trinajstić information content (AvgIpc) is 2.28. The van der Waals surface area contributed by atoms with Crippen LogP contribution in [-0.4, -0.2) is 29.8 Å². The van der Waals surface area contributed by atoms with Gasteiger partial charge in [0.2, 0.25) is 5.91 Å². The van der Waals surface area contributed by atoms with E-state index in [1.54, 1.807) is 6.92 Å². The van der Waals surface area contributed by atoms with Crippen LogP contribution >= 0.6 is 11.6 Å². The van der Waals surface area contributed by atoms with Gasteiger partial charge in [-0.05, 0) is 25.1 Å². The Labute approximate surface area is 103 Å². The standard InChI is InChI=1S/C11H12ClFN2O2/c1-2-15(6-10(14)16)11(17)8-5-7(12)3-4-9(8)13/h3-5H,2,6H2,1H3,(H2,14,16). The van der Waals surface area contributed by atoms with Crippen LogP contribution in [0.4, 0.5) is 4.39 Å². The van der Waals surface area contributed by atoms with E-state index >= 15 is 0 Å². The van der Waals surface area contributed by atoms with Gasteiger partial charge in [-0.2, -0.15) is 0 Å². The molecule has 0 spiro atoms. The van der Waals surface area contributed by atoms with E-state index in [-0.39, 0.29) is 23.7 Å². The Bertz CT molecular complexity index is 451. The number of nitrogens with zero attached hydrogens (tertiary/aromatic N) is 1. The van der Waals surface area contributed by atoms with Crippen LogP contribution in [0.15, 0.2) is 18.2 Å². The van der Waals surface area contributed by atoms with Crippen molar-refractivity contribution in [3.05, 3.63) is 34.6 Å². The highest BCUT2D eigenvalue weighted by Crippen LogP contribution is 2.16. The number of rotatable bonds is 4. The number of likely N-dealkylation sites (N-methyl/N-ethyl adjacent to an activating group) is 1. The van der Waals surface area contributed by atoms with Crippen molar-refractivity contribution >= 4 is 23.4 Å². The van der Waals surface area contributed by atoms with Crippen LogP contribution in [0.2, 0.25) is 5.02 Å². The van der Waals surface area contributed by atoms with E-state index in [9.17, 15) is 14.0 Å². The first-order valence-electron chi connectivity index (χ1n) is 4.98. The number of primary amides is 1. The van der Waals surface area contributed by atoms with Gasteiger partial charge < -0.3 is 10.6 Å². The molecule has 0 saturated heterocycles. The lowest BCUT2D eigenvalue weighted by Gasteiger charge is -2.19. The lowest BCUT2D eigenvalue weighted by Crippen LogP contribution is -2.38. The van der Waals surface area contributed by atoms with Crippen molar-refractivity contribution in [2.75, 3.05) is 13.1 Å². The number of benzene rings is 1. The molecule has 0 aliphatic heterocycles. The summed E-state index contributed by atoms with van der Waals surface area (Å²) in [5.41, 5.74) is 4.83. The summed E-state index contributed by atoms with van der Waals surface area (Å²) < 4.78 is 13.4. The van der Waals surface area contributed by atoms with E-state index in [0.717, 1.165) is 11.0 Å². The third kappa shape index (κ3) is 3.42. The van der Waals surface area contributed by atoms with E-state index in [1.807, 2.05) is 0 Å². The van der Waals surface area contributed by atoms with E-state index in [1.165, 1.54) is 12.1 Å². The first kappa shape index (κ1) is 13.4. The fourth-order valence-electron chi connectivity index (χ4n) is 1.35. The summed E-state index contributed by atoms with van der Waals surface area (Å²) in [6.07, 6.45) is 0. The van der Waals surface area contributed by atoms with Gasteiger partial charge in [-0.25, -0.2) is 4.39 Å². The van der Waals surface area contributed by atoms with Crippen LogP contribution in [0.1, 0.15) is 17.3 Å². The number of carbonyl (C=O) groups is 2. The average molecular weight is 259 g/mol. The zero-order valence-electron chi connectivity index (χ0n) is 9.24. The maximum atomic E-state index is 13.4. The summed E-state index contributed by atoms with van der Waals surface area (Å²) in [5, 5.41) is 0.255. The van der Waals surface area contributed by atoms with Crippen molar-refractivity contribution in [2.24, 2.45) is 5.73 Å². The van der Waals surface area contributed by atoms with Crippen molar-refractivity contribution in [1.29, 1.82) is 0 Å². The van der Waals surface area contributed by atoms with Gasteiger partial charge in [0.1, 0.15) is 5.82 Å². The molecule has 0 aromatic heterocycles. The molecule has 17 heavy (non-hydrogen) atoms. The minimum atomic E-state index is -0.678. The van der Waals surface area contributed by atoms with Gasteiger partial charge in [0, 0.05) is 11.6 Å². The molecule has 4 nitrogen and oxygen atoms in total. The quantitative estimate of drug-likeness (QED) is 0.888. The minimum absolute atomic E-state index is 0.166. The predicted octanol–water partition coefficient (Wildman–Crippen LogP) is 1.43. The van der Waals surface area contributed by atoms with Crippen molar-refractivity contribution in [2.45, 2.75) is 6.92 Å². The molecule has 0 bridgehead atoms. The fraction of sp³-hybridized carbons (Fsp3) is 0.273. The monoisotopic (exact) mass is 258 g/mol. The first-order chi connectivity index (χ1) is 7.95. The molecular weight excluding hydrogens is 247 g/mol. The molecule has 0 aliphatic carbocycles. The molecule has 0 heterocycles. The molecule has 0 unspecified atom stereocenters. The van der Waals surface area contributed by atoms with E-state index in [0.29, 0.717) is 0 Å². The Kier molecular flexibility index (Phi) is 4.45. The van der Waals surface area contributed by atoms with Crippen LogP contribution in [0, 0.1) is 5.82 Å². The molecule has 1 rings (SSSR count). The number of hydrogen-bond donors (Lipinski definition) is 1. The summed E-state index contributed by atoms with van der Waals surface area (Å²) >= 11 is 5.69. The summed E-state index contributed by atoms with van der Waals surface area (Å²) in [6, 6.07) is 3.68. The number of carbonyl (C=O) groups excluding carboxylic acids is 2. The second-order valence-corrected chi connectivity index (χ2v) is 3.85. The molecule has 0 fully saturated rings. The second kappa shape index (κ2) is 5.63. The number of halogens is 2. The van der Waals surface area contributed by atoms with Crippen LogP contribution in [0.3, 0.4) is 0 Å². The highest BCUT2D eigenvalue weighted by molar-refractivity contribution is 6.31. The minimum Gasteiger partial charge on any atom is -0.368 e. The number of amides is 2. The smallest absolute Gasteiger partial charge is 0.257 e. The molecule has 0 atom stereocenters. The Morgan fingerprint density at radius 3 is 2.65 bits per heavy atom. The van der Waals surface area contributed by atoms with Gasteiger partial charge in [0.15, 0.2) is 0 Å². The zero-order chi connectivity index (χ0) is 13.0. The summed E-state index contributed by atoms with van der Waals surface area (Å²) in [4.78, 5) is 23.8. The second-order valence-electron chi connectivity index (χ2n) is 3.41. The van der Waals surface area contributed by atoms with Crippen molar-refractivity contribution in [1.82, 2.24) is 4.90 Å². The number of nitrogens with two attached hydrogens (primary N) is 1. The molecule has 1 aromatic rings. The van der Waals surface area contributed by atoms with Crippen molar-refractivity contribution in [3.8, 4) is 0 Å². The number of hydrogen-bond acceptors (Lipinski definition) is 2. The molecule has 0 aliphatic rings. The van der Waals surface area contributed by atoms with E-state index < -0.39 is 17.6 Å². The lowest BCUT2D eigenvalue weighted by atomic mass is 10.2. The van der Waals surface area contributed by atoms with Crippen LogP contribution in [0.5, 0.6) is 0 Å². The Morgan fingerprint density at radius 2 is 2.12 bits per heavy atom. The molecule has 0 saturated carbocycles. The molecule has 2 N–H and O–H groups in total. The van der Waals surface area contributed by atoms with Gasteiger partial charge in [0.05, 0.1) is 12.1 Å².